The van der Waals surface area contributed by atoms with Crippen LogP contribution in [-0.4, -0.2) is 54.9 Å². The fraction of sp³-hybridized carbons (Fsp3) is 0.348. The number of aliphatic hydroxyl groups is 1. The molecule has 0 saturated heterocycles. The van der Waals surface area contributed by atoms with Gasteiger partial charge in [-0.3, -0.25) is 9.59 Å². The number of rotatable bonds is 13. The normalized spacial score (nSPS) is 12.8. The van der Waals surface area contributed by atoms with E-state index in [1.54, 1.807) is 4.68 Å². The first-order chi connectivity index (χ1) is 16.0. The Kier molecular flexibility index (Phi) is 9.04. The highest BCUT2D eigenvalue weighted by atomic mass is 16.4. The summed E-state index contributed by atoms with van der Waals surface area (Å²) in [5.74, 6) is -0.604. The van der Waals surface area contributed by atoms with Crippen LogP contribution in [0.2, 0.25) is 0 Å². The van der Waals surface area contributed by atoms with E-state index in [-0.39, 0.29) is 18.9 Å². The van der Waals surface area contributed by atoms with E-state index in [2.05, 4.69) is 26.2 Å². The van der Waals surface area contributed by atoms with Crippen molar-refractivity contribution in [1.29, 1.82) is 0 Å². The van der Waals surface area contributed by atoms with Crippen molar-refractivity contribution in [3.8, 4) is 0 Å². The number of tetrazole rings is 1. The monoisotopic (exact) mass is 452 g/mol. The number of benzene rings is 2. The number of carbonyl (C=O) groups is 2. The number of aliphatic hydroxyl groups excluding tert-OH is 1. The zero-order valence-corrected chi connectivity index (χ0v) is 18.2. The lowest BCUT2D eigenvalue weighted by Gasteiger charge is -2.20. The summed E-state index contributed by atoms with van der Waals surface area (Å²) in [7, 11) is 0. The Morgan fingerprint density at radius 2 is 1.73 bits per heavy atom. The lowest BCUT2D eigenvalue weighted by atomic mass is 10.1. The van der Waals surface area contributed by atoms with Crippen LogP contribution in [-0.2, 0) is 22.7 Å². The molecule has 0 saturated carbocycles. The van der Waals surface area contributed by atoms with E-state index >= 15 is 0 Å². The van der Waals surface area contributed by atoms with Crippen molar-refractivity contribution in [3.63, 3.8) is 0 Å². The second-order valence-electron chi connectivity index (χ2n) is 7.63. The zero-order chi connectivity index (χ0) is 23.5. The van der Waals surface area contributed by atoms with Gasteiger partial charge in [-0.05, 0) is 28.0 Å². The molecule has 2 atom stereocenters. The summed E-state index contributed by atoms with van der Waals surface area (Å²) in [5.41, 5.74) is 1.91. The predicted octanol–water partition coefficient (Wildman–Crippen LogP) is 1.28. The van der Waals surface area contributed by atoms with Crippen molar-refractivity contribution in [3.05, 3.63) is 77.6 Å². The number of nitrogens with zero attached hydrogens (tertiary/aromatic N) is 4. The smallest absolute Gasteiger partial charge is 0.306 e. The molecule has 2 aromatic carbocycles. The molecule has 4 N–H and O–H groups in total. The molecular formula is C23H28N6O4. The SMILES string of the molecule is O=C(O)CC(O)CN[C@H](c1ccccc1)c1nnnn1CCCC(=O)NCc1ccccc1. The third-order valence-electron chi connectivity index (χ3n) is 5.02. The lowest BCUT2D eigenvalue weighted by molar-refractivity contribution is -0.139. The van der Waals surface area contributed by atoms with E-state index in [1.165, 1.54) is 0 Å². The molecule has 0 spiro atoms. The zero-order valence-electron chi connectivity index (χ0n) is 18.2. The molecule has 1 heterocycles. The van der Waals surface area contributed by atoms with Gasteiger partial charge in [0, 0.05) is 26.1 Å². The highest BCUT2D eigenvalue weighted by Crippen LogP contribution is 2.20. The first-order valence-electron chi connectivity index (χ1n) is 10.8. The van der Waals surface area contributed by atoms with Gasteiger partial charge in [0.05, 0.1) is 18.6 Å². The van der Waals surface area contributed by atoms with Gasteiger partial charge in [0.1, 0.15) is 0 Å². The molecule has 3 aromatic rings. The van der Waals surface area contributed by atoms with Gasteiger partial charge >= 0.3 is 5.97 Å². The highest BCUT2D eigenvalue weighted by molar-refractivity contribution is 5.75. The fourth-order valence-electron chi connectivity index (χ4n) is 3.38. The Balaban J connectivity index is 1.58. The van der Waals surface area contributed by atoms with Crippen LogP contribution in [0.4, 0.5) is 0 Å². The minimum Gasteiger partial charge on any atom is -0.481 e. The number of hydrogen-bond donors (Lipinski definition) is 4. The lowest BCUT2D eigenvalue weighted by Crippen LogP contribution is -2.34. The number of hydrogen-bond acceptors (Lipinski definition) is 7. The number of amides is 1. The van der Waals surface area contributed by atoms with Crippen LogP contribution in [0, 0.1) is 0 Å². The second kappa shape index (κ2) is 12.4. The maximum atomic E-state index is 12.2. The quantitative estimate of drug-likeness (QED) is 0.304. The van der Waals surface area contributed by atoms with Gasteiger partial charge in [0.2, 0.25) is 5.91 Å². The summed E-state index contributed by atoms with van der Waals surface area (Å²) in [5, 5.41) is 36.9. The molecule has 174 valence electrons. The summed E-state index contributed by atoms with van der Waals surface area (Å²) in [6, 6.07) is 18.7. The molecule has 3 rings (SSSR count). The van der Waals surface area contributed by atoms with Gasteiger partial charge in [-0.2, -0.15) is 0 Å². The molecule has 33 heavy (non-hydrogen) atoms. The minimum absolute atomic E-state index is 0.0528. The summed E-state index contributed by atoms with van der Waals surface area (Å²) >= 11 is 0. The van der Waals surface area contributed by atoms with Gasteiger partial charge in [-0.25, -0.2) is 4.68 Å². The van der Waals surface area contributed by atoms with Crippen LogP contribution in [0.1, 0.15) is 42.3 Å². The summed E-state index contributed by atoms with van der Waals surface area (Å²) in [6.45, 7) is 0.971. The molecule has 1 amide bonds. The number of aliphatic carboxylic acids is 1. The molecular weight excluding hydrogens is 424 g/mol. The van der Waals surface area contributed by atoms with Crippen LogP contribution in [0.5, 0.6) is 0 Å². The molecule has 10 nitrogen and oxygen atoms in total. The molecule has 0 bridgehead atoms. The van der Waals surface area contributed by atoms with Gasteiger partial charge in [-0.1, -0.05) is 60.7 Å². The Morgan fingerprint density at radius 3 is 2.42 bits per heavy atom. The molecule has 0 fully saturated rings. The van der Waals surface area contributed by atoms with Crippen LogP contribution >= 0.6 is 0 Å². The van der Waals surface area contributed by atoms with Crippen LogP contribution in [0.3, 0.4) is 0 Å². The summed E-state index contributed by atoms with van der Waals surface area (Å²) in [4.78, 5) is 23.0. The minimum atomic E-state index is -1.07. The van der Waals surface area contributed by atoms with Crippen molar-refractivity contribution in [1.82, 2.24) is 30.8 Å². The van der Waals surface area contributed by atoms with Crippen molar-refractivity contribution < 1.29 is 19.8 Å². The average Bonchev–Trinajstić information content (AvgIpc) is 3.27. The Hall–Kier alpha value is -3.63. The number of carboxylic acids is 1. The van der Waals surface area contributed by atoms with Gasteiger partial charge in [0.25, 0.3) is 0 Å². The first-order valence-corrected chi connectivity index (χ1v) is 10.8. The van der Waals surface area contributed by atoms with E-state index in [0.717, 1.165) is 11.1 Å². The van der Waals surface area contributed by atoms with Crippen molar-refractivity contribution in [2.75, 3.05) is 6.54 Å². The predicted molar refractivity (Wildman–Crippen MR) is 120 cm³/mol. The summed E-state index contributed by atoms with van der Waals surface area (Å²) in [6.07, 6.45) is -0.543. The highest BCUT2D eigenvalue weighted by Gasteiger charge is 2.22. The van der Waals surface area contributed by atoms with Gasteiger partial charge < -0.3 is 20.8 Å². The second-order valence-corrected chi connectivity index (χ2v) is 7.63. The standard InChI is InChI=1S/C23H28N6O4/c30-19(14-21(32)33)16-25-22(18-10-5-2-6-11-18)23-26-27-28-29(23)13-7-12-20(31)24-15-17-8-3-1-4-9-17/h1-6,8-11,19,22,25,30H,7,12-16H2,(H,24,31)(H,32,33)/t19?,22-/m1/s1. The average molecular weight is 453 g/mol. The number of carbonyl (C=O) groups excluding carboxylic acids is 1. The Labute approximate surface area is 191 Å². The van der Waals surface area contributed by atoms with Crippen molar-refractivity contribution >= 4 is 11.9 Å². The van der Waals surface area contributed by atoms with E-state index in [0.29, 0.717) is 31.8 Å². The van der Waals surface area contributed by atoms with Crippen molar-refractivity contribution in [2.24, 2.45) is 0 Å². The van der Waals surface area contributed by atoms with E-state index in [9.17, 15) is 14.7 Å². The molecule has 0 aliphatic carbocycles. The largest absolute Gasteiger partial charge is 0.481 e. The fourth-order valence-corrected chi connectivity index (χ4v) is 3.38. The van der Waals surface area contributed by atoms with E-state index < -0.39 is 18.1 Å². The van der Waals surface area contributed by atoms with E-state index in [4.69, 9.17) is 5.11 Å². The molecule has 0 radical (unpaired) electrons. The molecule has 0 aliphatic rings. The maximum absolute atomic E-state index is 12.2. The van der Waals surface area contributed by atoms with Gasteiger partial charge in [0.15, 0.2) is 5.82 Å². The Morgan fingerprint density at radius 1 is 1.03 bits per heavy atom. The molecule has 10 heteroatoms. The van der Waals surface area contributed by atoms with Crippen LogP contribution in [0.15, 0.2) is 60.7 Å². The maximum Gasteiger partial charge on any atom is 0.306 e. The van der Waals surface area contributed by atoms with Gasteiger partial charge in [-0.15, -0.1) is 5.10 Å². The third-order valence-corrected chi connectivity index (χ3v) is 5.02. The number of aromatic nitrogens is 4. The third kappa shape index (κ3) is 7.78. The molecule has 1 unspecified atom stereocenters. The van der Waals surface area contributed by atoms with Crippen LogP contribution < -0.4 is 10.6 Å². The first kappa shape index (κ1) is 24.0. The molecule has 0 aliphatic heterocycles. The van der Waals surface area contributed by atoms with Crippen molar-refractivity contribution in [2.45, 2.75) is 44.5 Å². The number of nitrogens with one attached hydrogen (secondary N) is 2. The van der Waals surface area contributed by atoms with Crippen LogP contribution in [0.25, 0.3) is 0 Å². The van der Waals surface area contributed by atoms with E-state index in [1.807, 2.05) is 60.7 Å². The topological polar surface area (TPSA) is 142 Å². The Bertz CT molecular complexity index is 1010. The number of carboxylic acid groups (broad SMARTS) is 1. The molecule has 1 aromatic heterocycles. The number of aryl methyl sites for hydroxylation is 1. The summed E-state index contributed by atoms with van der Waals surface area (Å²) < 4.78 is 1.62.